The number of nitrogens with one attached hydrogen (secondary N) is 1. The number of aliphatic hydroxyl groups is 2. The fraction of sp³-hybridized carbons (Fsp3) is 0.429. The molecule has 2 fully saturated rings. The van der Waals surface area contributed by atoms with Crippen molar-refractivity contribution in [1.29, 1.82) is 0 Å². The van der Waals surface area contributed by atoms with Crippen LogP contribution in [0.15, 0.2) is 55.1 Å². The summed E-state index contributed by atoms with van der Waals surface area (Å²) < 4.78 is 54.5. The molecule has 1 aliphatic heterocycles. The SMILES string of the molecule is NC(=O)C(c1ccncc1)N1CC[C@@](O)(CNc2ncnc(N(Cc3ccc(C(F)(F)F)cc3)C3CC3)c2F)[C@H](O)C1. The predicted molar refractivity (Wildman–Crippen MR) is 144 cm³/mol. The largest absolute Gasteiger partial charge is 0.416 e. The number of aromatic nitrogens is 3. The third-order valence-corrected chi connectivity index (χ3v) is 7.74. The van der Waals surface area contributed by atoms with Crippen LogP contribution in [0.3, 0.4) is 0 Å². The minimum atomic E-state index is -4.45. The van der Waals surface area contributed by atoms with E-state index in [0.717, 1.165) is 31.3 Å². The third-order valence-electron chi connectivity index (χ3n) is 7.74. The van der Waals surface area contributed by atoms with Gasteiger partial charge in [-0.2, -0.15) is 17.6 Å². The maximum Gasteiger partial charge on any atom is 0.416 e. The number of hydrogen-bond acceptors (Lipinski definition) is 9. The molecule has 3 aromatic rings. The molecule has 5 N–H and O–H groups in total. The van der Waals surface area contributed by atoms with Crippen LogP contribution in [0.25, 0.3) is 0 Å². The number of rotatable bonds is 10. The molecule has 2 aromatic heterocycles. The van der Waals surface area contributed by atoms with E-state index in [2.05, 4.69) is 20.3 Å². The van der Waals surface area contributed by atoms with Crippen LogP contribution in [-0.2, 0) is 17.5 Å². The van der Waals surface area contributed by atoms with E-state index in [1.54, 1.807) is 21.9 Å². The number of alkyl halides is 3. The van der Waals surface area contributed by atoms with E-state index in [1.807, 2.05) is 0 Å². The maximum atomic E-state index is 15.7. The second-order valence-electron chi connectivity index (χ2n) is 10.7. The lowest BCUT2D eigenvalue weighted by molar-refractivity contribution is -0.137. The lowest BCUT2D eigenvalue weighted by Crippen LogP contribution is -2.60. The number of β-amino-alcohol motifs (C(OH)–C–C–N with tert-alkyl or cyclic N) is 1. The van der Waals surface area contributed by atoms with Crippen molar-refractivity contribution in [3.8, 4) is 0 Å². The van der Waals surface area contributed by atoms with Gasteiger partial charge in [0.2, 0.25) is 11.7 Å². The fourth-order valence-corrected chi connectivity index (χ4v) is 5.21. The molecule has 1 saturated heterocycles. The molecule has 10 nitrogen and oxygen atoms in total. The molecule has 2 aliphatic rings. The molecule has 1 saturated carbocycles. The van der Waals surface area contributed by atoms with Gasteiger partial charge in [-0.1, -0.05) is 12.1 Å². The van der Waals surface area contributed by atoms with Gasteiger partial charge in [0.25, 0.3) is 0 Å². The zero-order chi connectivity index (χ0) is 30.1. The van der Waals surface area contributed by atoms with Crippen LogP contribution in [-0.4, -0.2) is 73.4 Å². The zero-order valence-electron chi connectivity index (χ0n) is 22.5. The number of nitrogens with zero attached hydrogens (tertiary/aromatic N) is 5. The van der Waals surface area contributed by atoms with Crippen LogP contribution in [0.1, 0.15) is 42.0 Å². The van der Waals surface area contributed by atoms with Crippen molar-refractivity contribution < 1.29 is 32.6 Å². The molecule has 224 valence electrons. The monoisotopic (exact) mass is 589 g/mol. The molecular formula is C28H31F4N7O3. The third kappa shape index (κ3) is 6.45. The smallest absolute Gasteiger partial charge is 0.389 e. The number of pyridine rings is 1. The molecule has 0 spiro atoms. The number of piperidine rings is 1. The number of benzene rings is 1. The molecule has 3 heterocycles. The Bertz CT molecular complexity index is 1390. The first-order valence-electron chi connectivity index (χ1n) is 13.5. The number of nitrogens with two attached hydrogens (primary N) is 1. The van der Waals surface area contributed by atoms with Gasteiger partial charge in [-0.05, 0) is 54.7 Å². The molecule has 5 rings (SSSR count). The summed E-state index contributed by atoms with van der Waals surface area (Å²) in [6, 6.07) is 7.16. The summed E-state index contributed by atoms with van der Waals surface area (Å²) in [5.41, 5.74) is 4.38. The van der Waals surface area contributed by atoms with E-state index in [0.29, 0.717) is 11.1 Å². The highest BCUT2D eigenvalue weighted by atomic mass is 19.4. The van der Waals surface area contributed by atoms with Gasteiger partial charge >= 0.3 is 6.18 Å². The van der Waals surface area contributed by atoms with Crippen molar-refractivity contribution in [3.05, 3.63) is 77.6 Å². The lowest BCUT2D eigenvalue weighted by atomic mass is 9.87. The molecule has 3 atom stereocenters. The van der Waals surface area contributed by atoms with Crippen LogP contribution in [0.4, 0.5) is 29.2 Å². The summed E-state index contributed by atoms with van der Waals surface area (Å²) >= 11 is 0. The summed E-state index contributed by atoms with van der Waals surface area (Å²) in [6.07, 6.45) is 0.0902. The number of carbonyl (C=O) groups is 1. The van der Waals surface area contributed by atoms with Crippen molar-refractivity contribution in [2.45, 2.75) is 55.8 Å². The average molecular weight is 590 g/mol. The van der Waals surface area contributed by atoms with E-state index in [9.17, 15) is 28.2 Å². The first-order valence-corrected chi connectivity index (χ1v) is 13.5. The first-order chi connectivity index (χ1) is 20.0. The number of halogens is 4. The Morgan fingerprint density at radius 2 is 1.86 bits per heavy atom. The van der Waals surface area contributed by atoms with Crippen LogP contribution < -0.4 is 16.0 Å². The fourth-order valence-electron chi connectivity index (χ4n) is 5.21. The number of aliphatic hydroxyl groups excluding tert-OH is 1. The molecule has 1 unspecified atom stereocenters. The Labute approximate surface area is 239 Å². The topological polar surface area (TPSA) is 141 Å². The molecule has 0 bridgehead atoms. The minimum absolute atomic E-state index is 0.0149. The Hall–Kier alpha value is -3.88. The normalized spacial score (nSPS) is 22.0. The first kappa shape index (κ1) is 29.6. The molecule has 14 heteroatoms. The summed E-state index contributed by atoms with van der Waals surface area (Å²) in [6.45, 7) is 0.0703. The number of hydrogen-bond donors (Lipinski definition) is 4. The van der Waals surface area contributed by atoms with Gasteiger partial charge in [-0.25, -0.2) is 9.97 Å². The Kier molecular flexibility index (Phi) is 8.30. The summed E-state index contributed by atoms with van der Waals surface area (Å²) in [5, 5.41) is 24.9. The Morgan fingerprint density at radius 1 is 1.17 bits per heavy atom. The van der Waals surface area contributed by atoms with E-state index in [4.69, 9.17) is 5.73 Å². The van der Waals surface area contributed by atoms with E-state index < -0.39 is 41.2 Å². The lowest BCUT2D eigenvalue weighted by Gasteiger charge is -2.44. The zero-order valence-corrected chi connectivity index (χ0v) is 22.5. The molecular weight excluding hydrogens is 558 g/mol. The molecule has 1 aliphatic carbocycles. The molecule has 42 heavy (non-hydrogen) atoms. The number of primary amides is 1. The summed E-state index contributed by atoms with van der Waals surface area (Å²) in [4.78, 5) is 27.6. The Morgan fingerprint density at radius 3 is 2.45 bits per heavy atom. The van der Waals surface area contributed by atoms with Crippen LogP contribution in [0.2, 0.25) is 0 Å². The van der Waals surface area contributed by atoms with Crippen molar-refractivity contribution in [1.82, 2.24) is 19.9 Å². The number of carbonyl (C=O) groups excluding carboxylic acids is 1. The van der Waals surface area contributed by atoms with Gasteiger partial charge in [-0.15, -0.1) is 0 Å². The second kappa shape index (κ2) is 11.8. The van der Waals surface area contributed by atoms with Crippen molar-refractivity contribution in [2.75, 3.05) is 29.9 Å². The number of anilines is 2. The van der Waals surface area contributed by atoms with Gasteiger partial charge in [-0.3, -0.25) is 14.7 Å². The van der Waals surface area contributed by atoms with E-state index >= 15 is 4.39 Å². The van der Waals surface area contributed by atoms with Gasteiger partial charge in [0.05, 0.1) is 11.7 Å². The standard InChI is InChI=1S/C28H31F4N7O3/c29-22-25(35-15-27(42)9-12-38(14-21(27)40)23(24(33)41)18-7-10-34-11-8-18)36-16-37-26(22)39(20-5-6-20)13-17-1-3-19(4-2-17)28(30,31)32/h1-4,7-8,10-11,16,20-21,23,40,42H,5-6,9,12-15H2,(H2,33,41)(H,35,36,37)/t21-,23?,27-/m1/s1. The molecule has 0 radical (unpaired) electrons. The predicted octanol–water partition coefficient (Wildman–Crippen LogP) is 2.63. The van der Waals surface area contributed by atoms with E-state index in [1.165, 1.54) is 24.5 Å². The number of amides is 1. The van der Waals surface area contributed by atoms with Crippen LogP contribution >= 0.6 is 0 Å². The van der Waals surface area contributed by atoms with E-state index in [-0.39, 0.29) is 50.3 Å². The van der Waals surface area contributed by atoms with Crippen molar-refractivity contribution >= 4 is 17.5 Å². The highest BCUT2D eigenvalue weighted by molar-refractivity contribution is 5.81. The average Bonchev–Trinajstić information content (AvgIpc) is 3.79. The van der Waals surface area contributed by atoms with Crippen LogP contribution in [0, 0.1) is 5.82 Å². The molecule has 1 amide bonds. The Balaban J connectivity index is 1.27. The van der Waals surface area contributed by atoms with Gasteiger partial charge in [0, 0.05) is 44.6 Å². The summed E-state index contributed by atoms with van der Waals surface area (Å²) in [5.74, 6) is -1.59. The second-order valence-corrected chi connectivity index (χ2v) is 10.7. The van der Waals surface area contributed by atoms with Crippen LogP contribution in [0.5, 0.6) is 0 Å². The number of likely N-dealkylation sites (tertiary alicyclic amines) is 1. The van der Waals surface area contributed by atoms with Crippen molar-refractivity contribution in [3.63, 3.8) is 0 Å². The van der Waals surface area contributed by atoms with Gasteiger partial charge in [0.15, 0.2) is 11.6 Å². The van der Waals surface area contributed by atoms with Gasteiger partial charge < -0.3 is 26.2 Å². The highest BCUT2D eigenvalue weighted by Crippen LogP contribution is 2.36. The highest BCUT2D eigenvalue weighted by Gasteiger charge is 2.44. The van der Waals surface area contributed by atoms with Crippen molar-refractivity contribution in [2.24, 2.45) is 5.73 Å². The summed E-state index contributed by atoms with van der Waals surface area (Å²) in [7, 11) is 0. The molecule has 1 aromatic carbocycles. The minimum Gasteiger partial charge on any atom is -0.389 e. The van der Waals surface area contributed by atoms with Gasteiger partial charge in [0.1, 0.15) is 18.0 Å². The quantitative estimate of drug-likeness (QED) is 0.263. The maximum absolute atomic E-state index is 15.7.